The highest BCUT2D eigenvalue weighted by atomic mass is 16.4. The minimum Gasteiger partial charge on any atom is -0.477 e. The first-order chi connectivity index (χ1) is 7.66. The molecule has 0 radical (unpaired) electrons. The van der Waals surface area contributed by atoms with E-state index in [1.165, 1.54) is 18.3 Å². The summed E-state index contributed by atoms with van der Waals surface area (Å²) in [4.78, 5) is 29.7. The highest BCUT2D eigenvalue weighted by Crippen LogP contribution is 2.23. The Hall–Kier alpha value is -2.04. The molecule has 0 aliphatic heterocycles. The Morgan fingerprint density at radius 1 is 1.50 bits per heavy atom. The van der Waals surface area contributed by atoms with E-state index in [1.54, 1.807) is 6.08 Å². The van der Waals surface area contributed by atoms with Gasteiger partial charge in [0.25, 0.3) is 0 Å². The summed E-state index contributed by atoms with van der Waals surface area (Å²) in [5, 5.41) is 8.79. The maximum absolute atomic E-state index is 11.0. The predicted molar refractivity (Wildman–Crippen MR) is 55.1 cm³/mol. The molecule has 0 bridgehead atoms. The van der Waals surface area contributed by atoms with Crippen LogP contribution in [0.4, 0.5) is 0 Å². The van der Waals surface area contributed by atoms with Crippen molar-refractivity contribution in [2.45, 2.75) is 18.8 Å². The van der Waals surface area contributed by atoms with E-state index in [2.05, 4.69) is 9.97 Å². The van der Waals surface area contributed by atoms with E-state index in [0.717, 1.165) is 0 Å². The Balaban J connectivity index is 2.27. The summed E-state index contributed by atoms with van der Waals surface area (Å²) in [7, 11) is 0. The highest BCUT2D eigenvalue weighted by Gasteiger charge is 2.18. The lowest BCUT2D eigenvalue weighted by Crippen LogP contribution is -2.11. The molecule has 2 rings (SSSR count). The molecule has 0 aromatic carbocycles. The van der Waals surface area contributed by atoms with Crippen molar-refractivity contribution >= 4 is 11.8 Å². The van der Waals surface area contributed by atoms with Crippen LogP contribution in [0.3, 0.4) is 0 Å². The van der Waals surface area contributed by atoms with Crippen molar-refractivity contribution in [1.82, 2.24) is 9.97 Å². The van der Waals surface area contributed by atoms with Crippen molar-refractivity contribution in [3.63, 3.8) is 0 Å². The molecule has 1 aliphatic carbocycles. The van der Waals surface area contributed by atoms with Gasteiger partial charge in [0.1, 0.15) is 5.82 Å². The van der Waals surface area contributed by atoms with Gasteiger partial charge in [-0.1, -0.05) is 6.08 Å². The molecule has 1 aromatic rings. The van der Waals surface area contributed by atoms with E-state index < -0.39 is 5.97 Å². The van der Waals surface area contributed by atoms with Crippen LogP contribution in [0.1, 0.15) is 35.1 Å². The second-order valence-electron chi connectivity index (χ2n) is 3.58. The van der Waals surface area contributed by atoms with Crippen LogP contribution >= 0.6 is 0 Å². The fourth-order valence-electron chi connectivity index (χ4n) is 1.59. The van der Waals surface area contributed by atoms with E-state index in [9.17, 15) is 9.59 Å². The predicted octanol–water partition coefficient (Wildman–Crippen LogP) is 1.18. The summed E-state index contributed by atoms with van der Waals surface area (Å²) in [6.45, 7) is 0. The maximum Gasteiger partial charge on any atom is 0.354 e. The number of hydrogen-bond donors (Lipinski definition) is 1. The Kier molecular flexibility index (Phi) is 2.76. The Morgan fingerprint density at radius 2 is 2.31 bits per heavy atom. The monoisotopic (exact) mass is 218 g/mol. The first-order valence-corrected chi connectivity index (χ1v) is 4.94. The first-order valence-electron chi connectivity index (χ1n) is 4.94. The largest absolute Gasteiger partial charge is 0.477 e. The lowest BCUT2D eigenvalue weighted by atomic mass is 9.94. The van der Waals surface area contributed by atoms with E-state index in [0.29, 0.717) is 18.7 Å². The Bertz CT molecular complexity index is 468. The molecule has 16 heavy (non-hydrogen) atoms. The van der Waals surface area contributed by atoms with Crippen molar-refractivity contribution in [2.24, 2.45) is 0 Å². The molecule has 0 fully saturated rings. The number of aromatic nitrogens is 2. The summed E-state index contributed by atoms with van der Waals surface area (Å²) in [6.07, 6.45) is 5.76. The normalized spacial score (nSPS) is 19.8. The molecule has 82 valence electrons. The smallest absolute Gasteiger partial charge is 0.354 e. The summed E-state index contributed by atoms with van der Waals surface area (Å²) >= 11 is 0. The molecule has 0 amide bonds. The van der Waals surface area contributed by atoms with Gasteiger partial charge in [-0.2, -0.15) is 0 Å². The number of aromatic carboxylic acids is 1. The van der Waals surface area contributed by atoms with Crippen molar-refractivity contribution in [3.05, 3.63) is 35.9 Å². The number of hydrogen-bond acceptors (Lipinski definition) is 4. The summed E-state index contributed by atoms with van der Waals surface area (Å²) in [5.41, 5.74) is -0.0182. The second kappa shape index (κ2) is 4.22. The third-order valence-corrected chi connectivity index (χ3v) is 2.44. The zero-order valence-electron chi connectivity index (χ0n) is 8.46. The third-order valence-electron chi connectivity index (χ3n) is 2.44. The lowest BCUT2D eigenvalue weighted by Gasteiger charge is -2.13. The molecule has 1 N–H and O–H groups in total. The molecule has 5 nitrogen and oxygen atoms in total. The van der Waals surface area contributed by atoms with E-state index >= 15 is 0 Å². The van der Waals surface area contributed by atoms with Gasteiger partial charge < -0.3 is 5.11 Å². The van der Waals surface area contributed by atoms with Gasteiger partial charge in [-0.3, -0.25) is 4.79 Å². The second-order valence-corrected chi connectivity index (χ2v) is 3.58. The van der Waals surface area contributed by atoms with E-state index in [1.807, 2.05) is 0 Å². The Labute approximate surface area is 91.8 Å². The summed E-state index contributed by atoms with van der Waals surface area (Å²) in [5.74, 6) is -0.578. The zero-order valence-corrected chi connectivity index (χ0v) is 8.46. The van der Waals surface area contributed by atoms with Crippen molar-refractivity contribution in [2.75, 3.05) is 0 Å². The van der Waals surface area contributed by atoms with Crippen LogP contribution < -0.4 is 0 Å². The molecule has 0 saturated carbocycles. The van der Waals surface area contributed by atoms with Crippen LogP contribution in [0.15, 0.2) is 24.4 Å². The SMILES string of the molecule is O=C1C=CC(c2nccc(C(=O)O)n2)CC1. The molecule has 0 spiro atoms. The molecule has 1 heterocycles. The van der Waals surface area contributed by atoms with Crippen LogP contribution in [0.5, 0.6) is 0 Å². The number of carboxylic acids is 1. The highest BCUT2D eigenvalue weighted by molar-refractivity contribution is 5.90. The average molecular weight is 218 g/mol. The van der Waals surface area contributed by atoms with Gasteiger partial charge in [-0.25, -0.2) is 14.8 Å². The molecule has 1 unspecified atom stereocenters. The van der Waals surface area contributed by atoms with Crippen LogP contribution in [0, 0.1) is 0 Å². The molecule has 1 atom stereocenters. The lowest BCUT2D eigenvalue weighted by molar-refractivity contribution is -0.115. The van der Waals surface area contributed by atoms with Gasteiger partial charge in [-0.05, 0) is 18.6 Å². The number of nitrogens with zero attached hydrogens (tertiary/aromatic N) is 2. The third kappa shape index (κ3) is 2.13. The van der Waals surface area contributed by atoms with Gasteiger partial charge in [0.15, 0.2) is 11.5 Å². The van der Waals surface area contributed by atoms with Gasteiger partial charge in [0.05, 0.1) is 0 Å². The number of carbonyl (C=O) groups excluding carboxylic acids is 1. The standard InChI is InChI=1S/C11H10N2O3/c14-8-3-1-7(2-4-8)10-12-6-5-9(13-10)11(15)16/h1,3,5-7H,2,4H2,(H,15,16). The van der Waals surface area contributed by atoms with Gasteiger partial charge in [-0.15, -0.1) is 0 Å². The van der Waals surface area contributed by atoms with E-state index in [4.69, 9.17) is 5.11 Å². The van der Waals surface area contributed by atoms with Crippen molar-refractivity contribution in [1.29, 1.82) is 0 Å². The number of carboxylic acid groups (broad SMARTS) is 1. The average Bonchev–Trinajstić information content (AvgIpc) is 2.30. The zero-order chi connectivity index (χ0) is 11.5. The molecule has 1 aromatic heterocycles. The fraction of sp³-hybridized carbons (Fsp3) is 0.273. The van der Waals surface area contributed by atoms with Crippen LogP contribution in [0.2, 0.25) is 0 Å². The van der Waals surface area contributed by atoms with Crippen LogP contribution in [0.25, 0.3) is 0 Å². The van der Waals surface area contributed by atoms with Gasteiger partial charge in [0.2, 0.25) is 0 Å². The number of carbonyl (C=O) groups is 2. The molecular weight excluding hydrogens is 208 g/mol. The summed E-state index contributed by atoms with van der Waals surface area (Å²) in [6, 6.07) is 1.35. The number of ketones is 1. The van der Waals surface area contributed by atoms with Gasteiger partial charge in [0, 0.05) is 18.5 Å². The molecule has 1 aliphatic rings. The van der Waals surface area contributed by atoms with Crippen LogP contribution in [-0.4, -0.2) is 26.8 Å². The molecule has 0 saturated heterocycles. The molecule has 5 heteroatoms. The number of rotatable bonds is 2. The van der Waals surface area contributed by atoms with Crippen molar-refractivity contribution in [3.8, 4) is 0 Å². The van der Waals surface area contributed by atoms with E-state index in [-0.39, 0.29) is 17.4 Å². The first kappa shape index (κ1) is 10.5. The molecular formula is C11H10N2O3. The maximum atomic E-state index is 11.0. The van der Waals surface area contributed by atoms with Gasteiger partial charge >= 0.3 is 5.97 Å². The topological polar surface area (TPSA) is 80.2 Å². The summed E-state index contributed by atoms with van der Waals surface area (Å²) < 4.78 is 0. The minimum absolute atomic E-state index is 0.0182. The van der Waals surface area contributed by atoms with Crippen LogP contribution in [-0.2, 0) is 4.79 Å². The quantitative estimate of drug-likeness (QED) is 0.806. The Morgan fingerprint density at radius 3 is 2.94 bits per heavy atom. The fourth-order valence-corrected chi connectivity index (χ4v) is 1.59. The minimum atomic E-state index is -1.07. The number of allylic oxidation sites excluding steroid dienone is 2. The van der Waals surface area contributed by atoms with Crippen molar-refractivity contribution < 1.29 is 14.7 Å².